The molecule has 0 aromatic rings. The number of aliphatic carboxylic acids is 1. The van der Waals surface area contributed by atoms with E-state index in [1.54, 1.807) is 13.0 Å². The number of carbonyl (C=O) groups is 2. The zero-order valence-corrected chi connectivity index (χ0v) is 10.6. The van der Waals surface area contributed by atoms with Gasteiger partial charge in [-0.1, -0.05) is 18.2 Å². The SMILES string of the molecule is CC=C1C=C(C(=O)O)C=CC1C(=O)OC1(O)CCC1. The van der Waals surface area contributed by atoms with Crippen LogP contribution >= 0.6 is 0 Å². The number of hydrogen-bond acceptors (Lipinski definition) is 4. The number of carbonyl (C=O) groups excluding carboxylic acids is 1. The van der Waals surface area contributed by atoms with Gasteiger partial charge < -0.3 is 14.9 Å². The van der Waals surface area contributed by atoms with Gasteiger partial charge in [-0.2, -0.15) is 0 Å². The maximum absolute atomic E-state index is 12.0. The molecule has 5 heteroatoms. The van der Waals surface area contributed by atoms with Crippen molar-refractivity contribution in [1.29, 1.82) is 0 Å². The van der Waals surface area contributed by atoms with Gasteiger partial charge in [0.05, 0.1) is 5.57 Å². The summed E-state index contributed by atoms with van der Waals surface area (Å²) in [4.78, 5) is 22.9. The van der Waals surface area contributed by atoms with Gasteiger partial charge in [0.1, 0.15) is 5.92 Å². The van der Waals surface area contributed by atoms with Crippen molar-refractivity contribution in [3.63, 3.8) is 0 Å². The van der Waals surface area contributed by atoms with E-state index in [4.69, 9.17) is 9.84 Å². The fourth-order valence-electron chi connectivity index (χ4n) is 2.07. The zero-order chi connectivity index (χ0) is 14.0. The van der Waals surface area contributed by atoms with Crippen molar-refractivity contribution in [2.45, 2.75) is 32.0 Å². The minimum Gasteiger partial charge on any atom is -0.478 e. The van der Waals surface area contributed by atoms with Crippen molar-refractivity contribution in [2.24, 2.45) is 5.92 Å². The lowest BCUT2D eigenvalue weighted by Gasteiger charge is -2.36. The summed E-state index contributed by atoms with van der Waals surface area (Å²) in [7, 11) is 0. The molecular weight excluding hydrogens is 248 g/mol. The molecule has 0 heterocycles. The molecule has 1 saturated carbocycles. The van der Waals surface area contributed by atoms with Gasteiger partial charge in [-0.25, -0.2) is 4.79 Å². The molecule has 2 rings (SSSR count). The molecule has 0 bridgehead atoms. The molecule has 1 fully saturated rings. The lowest BCUT2D eigenvalue weighted by Crippen LogP contribution is -2.43. The molecule has 0 saturated heterocycles. The van der Waals surface area contributed by atoms with E-state index in [9.17, 15) is 14.7 Å². The summed E-state index contributed by atoms with van der Waals surface area (Å²) in [6.07, 6.45) is 7.73. The van der Waals surface area contributed by atoms with Crippen LogP contribution in [-0.2, 0) is 14.3 Å². The van der Waals surface area contributed by atoms with Crippen molar-refractivity contribution >= 4 is 11.9 Å². The first kappa shape index (κ1) is 13.5. The summed E-state index contributed by atoms with van der Waals surface area (Å²) >= 11 is 0. The van der Waals surface area contributed by atoms with Gasteiger partial charge in [-0.3, -0.25) is 4.79 Å². The van der Waals surface area contributed by atoms with Crippen LogP contribution in [0.2, 0.25) is 0 Å². The number of carboxylic acid groups (broad SMARTS) is 1. The molecule has 1 atom stereocenters. The van der Waals surface area contributed by atoms with Gasteiger partial charge in [-0.05, 0) is 25.0 Å². The van der Waals surface area contributed by atoms with E-state index in [0.717, 1.165) is 6.42 Å². The van der Waals surface area contributed by atoms with E-state index in [1.165, 1.54) is 18.2 Å². The summed E-state index contributed by atoms with van der Waals surface area (Å²) in [5.74, 6) is -3.58. The number of ether oxygens (including phenoxy) is 1. The average molecular weight is 264 g/mol. The lowest BCUT2D eigenvalue weighted by molar-refractivity contribution is -0.240. The minimum absolute atomic E-state index is 0.125. The molecule has 102 valence electrons. The van der Waals surface area contributed by atoms with Crippen molar-refractivity contribution < 1.29 is 24.5 Å². The van der Waals surface area contributed by atoms with Gasteiger partial charge in [0, 0.05) is 12.8 Å². The number of carboxylic acids is 1. The highest BCUT2D eigenvalue weighted by atomic mass is 16.7. The number of hydrogen-bond donors (Lipinski definition) is 2. The fourth-order valence-corrected chi connectivity index (χ4v) is 2.07. The molecule has 19 heavy (non-hydrogen) atoms. The van der Waals surface area contributed by atoms with Gasteiger partial charge in [-0.15, -0.1) is 0 Å². The lowest BCUT2D eigenvalue weighted by atomic mass is 9.89. The molecule has 0 aliphatic heterocycles. The second kappa shape index (κ2) is 5.01. The van der Waals surface area contributed by atoms with E-state index >= 15 is 0 Å². The number of allylic oxidation sites excluding steroid dienone is 2. The Balaban J connectivity index is 2.11. The first-order valence-corrected chi connectivity index (χ1v) is 6.20. The smallest absolute Gasteiger partial charge is 0.335 e. The second-order valence-corrected chi connectivity index (χ2v) is 4.75. The first-order chi connectivity index (χ1) is 8.95. The highest BCUT2D eigenvalue weighted by Gasteiger charge is 2.40. The zero-order valence-electron chi connectivity index (χ0n) is 10.6. The van der Waals surface area contributed by atoms with Crippen LogP contribution in [0, 0.1) is 5.92 Å². The van der Waals surface area contributed by atoms with Crippen molar-refractivity contribution in [3.05, 3.63) is 35.5 Å². The monoisotopic (exact) mass is 264 g/mol. The Bertz CT molecular complexity index is 494. The summed E-state index contributed by atoms with van der Waals surface area (Å²) in [6, 6.07) is 0. The Hall–Kier alpha value is -1.88. The second-order valence-electron chi connectivity index (χ2n) is 4.75. The van der Waals surface area contributed by atoms with Crippen LogP contribution in [-0.4, -0.2) is 27.9 Å². The van der Waals surface area contributed by atoms with Gasteiger partial charge in [0.2, 0.25) is 5.79 Å². The van der Waals surface area contributed by atoms with Crippen molar-refractivity contribution in [3.8, 4) is 0 Å². The molecule has 0 aromatic carbocycles. The molecule has 2 N–H and O–H groups in total. The third kappa shape index (κ3) is 2.76. The van der Waals surface area contributed by atoms with Gasteiger partial charge in [0.15, 0.2) is 0 Å². The molecule has 2 aliphatic rings. The Morgan fingerprint density at radius 1 is 1.47 bits per heavy atom. The third-order valence-electron chi connectivity index (χ3n) is 3.41. The summed E-state index contributed by atoms with van der Waals surface area (Å²) < 4.78 is 5.09. The highest BCUT2D eigenvalue weighted by Crippen LogP contribution is 2.35. The van der Waals surface area contributed by atoms with E-state index in [1.807, 2.05) is 0 Å². The Labute approximate surface area is 110 Å². The normalized spacial score (nSPS) is 26.5. The van der Waals surface area contributed by atoms with Crippen LogP contribution in [0.4, 0.5) is 0 Å². The van der Waals surface area contributed by atoms with Crippen LogP contribution < -0.4 is 0 Å². The van der Waals surface area contributed by atoms with Crippen molar-refractivity contribution in [1.82, 2.24) is 0 Å². The maximum Gasteiger partial charge on any atom is 0.335 e. The van der Waals surface area contributed by atoms with E-state index in [-0.39, 0.29) is 5.57 Å². The Kier molecular flexibility index (Phi) is 3.57. The van der Waals surface area contributed by atoms with Crippen LogP contribution in [0.5, 0.6) is 0 Å². The predicted molar refractivity (Wildman–Crippen MR) is 67.0 cm³/mol. The molecule has 1 unspecified atom stereocenters. The van der Waals surface area contributed by atoms with E-state index < -0.39 is 23.6 Å². The number of aliphatic hydroxyl groups is 1. The van der Waals surface area contributed by atoms with Gasteiger partial charge >= 0.3 is 11.9 Å². The maximum atomic E-state index is 12.0. The molecular formula is C14H16O5. The van der Waals surface area contributed by atoms with E-state index in [2.05, 4.69) is 0 Å². The molecule has 0 aromatic heterocycles. The third-order valence-corrected chi connectivity index (χ3v) is 3.41. The van der Waals surface area contributed by atoms with Crippen LogP contribution in [0.1, 0.15) is 26.2 Å². The van der Waals surface area contributed by atoms with E-state index in [0.29, 0.717) is 18.4 Å². The minimum atomic E-state index is -1.33. The van der Waals surface area contributed by atoms with Crippen LogP contribution in [0.15, 0.2) is 35.5 Å². The molecule has 0 amide bonds. The molecule has 0 spiro atoms. The van der Waals surface area contributed by atoms with Crippen molar-refractivity contribution in [2.75, 3.05) is 0 Å². The Morgan fingerprint density at radius 2 is 2.16 bits per heavy atom. The van der Waals surface area contributed by atoms with Crippen LogP contribution in [0.25, 0.3) is 0 Å². The Morgan fingerprint density at radius 3 is 2.63 bits per heavy atom. The van der Waals surface area contributed by atoms with Crippen LogP contribution in [0.3, 0.4) is 0 Å². The predicted octanol–water partition coefficient (Wildman–Crippen LogP) is 1.55. The molecule has 2 aliphatic carbocycles. The first-order valence-electron chi connectivity index (χ1n) is 6.20. The average Bonchev–Trinajstić information content (AvgIpc) is 2.35. The topological polar surface area (TPSA) is 83.8 Å². The molecule has 5 nitrogen and oxygen atoms in total. The standard InChI is InChI=1S/C14H16O5/c1-2-9-8-10(12(15)16)4-5-11(9)13(17)19-14(18)6-3-7-14/h2,4-5,8,11,18H,3,6-7H2,1H3,(H,15,16). The largest absolute Gasteiger partial charge is 0.478 e. The van der Waals surface area contributed by atoms with Gasteiger partial charge in [0.25, 0.3) is 0 Å². The summed E-state index contributed by atoms with van der Waals surface area (Å²) in [5, 5.41) is 18.7. The molecule has 0 radical (unpaired) electrons. The summed E-state index contributed by atoms with van der Waals surface area (Å²) in [5.41, 5.74) is 0.687. The number of rotatable bonds is 3. The summed E-state index contributed by atoms with van der Waals surface area (Å²) in [6.45, 7) is 1.73. The number of esters is 1. The fraction of sp³-hybridized carbons (Fsp3) is 0.429. The highest BCUT2D eigenvalue weighted by molar-refractivity contribution is 5.93. The quantitative estimate of drug-likeness (QED) is 0.596.